The number of amides is 1. The van der Waals surface area contributed by atoms with Crippen LogP contribution in [-0.2, 0) is 4.79 Å². The van der Waals surface area contributed by atoms with E-state index in [0.29, 0.717) is 5.92 Å². The molecular formula is C13H20N2O. The van der Waals surface area contributed by atoms with E-state index in [-0.39, 0.29) is 11.9 Å². The molecule has 1 aromatic carbocycles. The molecule has 1 rings (SSSR count). The molecule has 0 radical (unpaired) electrons. The lowest BCUT2D eigenvalue weighted by atomic mass is 10.0. The molecule has 88 valence electrons. The van der Waals surface area contributed by atoms with Crippen LogP contribution in [-0.4, -0.2) is 12.5 Å². The van der Waals surface area contributed by atoms with Crippen LogP contribution in [0.15, 0.2) is 24.3 Å². The van der Waals surface area contributed by atoms with Gasteiger partial charge in [0.15, 0.2) is 0 Å². The van der Waals surface area contributed by atoms with Gasteiger partial charge in [0.25, 0.3) is 0 Å². The average molecular weight is 220 g/mol. The predicted molar refractivity (Wildman–Crippen MR) is 66.0 cm³/mol. The molecule has 1 atom stereocenters. The summed E-state index contributed by atoms with van der Waals surface area (Å²) in [5, 5.41) is 3.19. The van der Waals surface area contributed by atoms with Crippen molar-refractivity contribution in [3.63, 3.8) is 0 Å². The van der Waals surface area contributed by atoms with Crippen molar-refractivity contribution in [2.24, 2.45) is 11.7 Å². The maximum atomic E-state index is 11.4. The lowest BCUT2D eigenvalue weighted by Gasteiger charge is -2.17. The zero-order valence-electron chi connectivity index (χ0n) is 10.2. The van der Waals surface area contributed by atoms with Crippen molar-refractivity contribution in [3.05, 3.63) is 35.4 Å². The summed E-state index contributed by atoms with van der Waals surface area (Å²) in [4.78, 5) is 11.4. The first-order valence-electron chi connectivity index (χ1n) is 5.60. The molecule has 3 heteroatoms. The van der Waals surface area contributed by atoms with E-state index >= 15 is 0 Å². The van der Waals surface area contributed by atoms with Gasteiger partial charge >= 0.3 is 0 Å². The number of carbonyl (C=O) groups is 1. The molecule has 0 aromatic heterocycles. The Hall–Kier alpha value is -1.35. The highest BCUT2D eigenvalue weighted by Gasteiger charge is 2.17. The fourth-order valence-electron chi connectivity index (χ4n) is 1.59. The van der Waals surface area contributed by atoms with Gasteiger partial charge in [-0.1, -0.05) is 43.7 Å². The van der Waals surface area contributed by atoms with Crippen molar-refractivity contribution in [1.82, 2.24) is 5.32 Å². The highest BCUT2D eigenvalue weighted by molar-refractivity contribution is 5.81. The number of hydrogen-bond donors (Lipinski definition) is 2. The summed E-state index contributed by atoms with van der Waals surface area (Å²) in [5.41, 5.74) is 7.48. The Balaban J connectivity index is 2.81. The van der Waals surface area contributed by atoms with Gasteiger partial charge in [0.1, 0.15) is 6.04 Å². The summed E-state index contributed by atoms with van der Waals surface area (Å²) in [6.45, 7) is 6.98. The minimum atomic E-state index is -0.387. The summed E-state index contributed by atoms with van der Waals surface area (Å²) in [7, 11) is 0. The van der Waals surface area contributed by atoms with E-state index in [1.807, 2.05) is 31.2 Å². The van der Waals surface area contributed by atoms with Crippen LogP contribution >= 0.6 is 0 Å². The first-order valence-corrected chi connectivity index (χ1v) is 5.60. The molecule has 0 aliphatic heterocycles. The van der Waals surface area contributed by atoms with E-state index in [9.17, 15) is 4.79 Å². The quantitative estimate of drug-likeness (QED) is 0.794. The molecule has 1 amide bonds. The summed E-state index contributed by atoms with van der Waals surface area (Å²) < 4.78 is 0. The molecular weight excluding hydrogens is 200 g/mol. The van der Waals surface area contributed by atoms with Crippen LogP contribution < -0.4 is 11.1 Å². The number of primary amides is 1. The topological polar surface area (TPSA) is 55.1 Å². The number of benzene rings is 1. The molecule has 3 nitrogen and oxygen atoms in total. The molecule has 0 saturated carbocycles. The lowest BCUT2D eigenvalue weighted by molar-refractivity contribution is -0.120. The van der Waals surface area contributed by atoms with Gasteiger partial charge in [-0.25, -0.2) is 0 Å². The number of carbonyl (C=O) groups excluding carboxylic acids is 1. The number of rotatable bonds is 5. The molecule has 3 N–H and O–H groups in total. The highest BCUT2D eigenvalue weighted by atomic mass is 16.1. The number of hydrogen-bond acceptors (Lipinski definition) is 2. The molecule has 0 heterocycles. The molecule has 0 saturated heterocycles. The molecule has 0 aliphatic carbocycles. The van der Waals surface area contributed by atoms with Crippen molar-refractivity contribution < 1.29 is 4.79 Å². The predicted octanol–water partition coefficient (Wildman–Crippen LogP) is 1.77. The average Bonchev–Trinajstić information content (AvgIpc) is 2.17. The van der Waals surface area contributed by atoms with E-state index in [4.69, 9.17) is 5.73 Å². The molecule has 0 spiro atoms. The second kappa shape index (κ2) is 5.66. The Morgan fingerprint density at radius 3 is 2.62 bits per heavy atom. The van der Waals surface area contributed by atoms with Crippen molar-refractivity contribution in [2.45, 2.75) is 26.8 Å². The van der Waals surface area contributed by atoms with Crippen LogP contribution in [0.25, 0.3) is 0 Å². The molecule has 16 heavy (non-hydrogen) atoms. The van der Waals surface area contributed by atoms with Gasteiger partial charge in [-0.2, -0.15) is 0 Å². The number of nitrogens with two attached hydrogens (primary N) is 1. The van der Waals surface area contributed by atoms with Gasteiger partial charge in [0.05, 0.1) is 0 Å². The highest BCUT2D eigenvalue weighted by Crippen LogP contribution is 2.14. The Morgan fingerprint density at radius 1 is 1.44 bits per heavy atom. The van der Waals surface area contributed by atoms with E-state index in [1.165, 1.54) is 0 Å². The van der Waals surface area contributed by atoms with E-state index < -0.39 is 0 Å². The molecule has 0 aliphatic rings. The van der Waals surface area contributed by atoms with Crippen LogP contribution in [0.5, 0.6) is 0 Å². The maximum Gasteiger partial charge on any atom is 0.239 e. The van der Waals surface area contributed by atoms with Crippen molar-refractivity contribution >= 4 is 5.91 Å². The van der Waals surface area contributed by atoms with Gasteiger partial charge in [0.2, 0.25) is 5.91 Å². The molecule has 1 aromatic rings. The van der Waals surface area contributed by atoms with Gasteiger partial charge in [-0.05, 0) is 24.9 Å². The first kappa shape index (κ1) is 12.7. The van der Waals surface area contributed by atoms with Gasteiger partial charge < -0.3 is 11.1 Å². The Morgan fingerprint density at radius 2 is 2.12 bits per heavy atom. The van der Waals surface area contributed by atoms with Crippen LogP contribution in [0.2, 0.25) is 0 Å². The van der Waals surface area contributed by atoms with E-state index in [1.54, 1.807) is 0 Å². The molecule has 0 fully saturated rings. The fourth-order valence-corrected chi connectivity index (χ4v) is 1.59. The second-order valence-corrected chi connectivity index (χ2v) is 4.55. The maximum absolute atomic E-state index is 11.4. The Bertz CT molecular complexity index is 361. The van der Waals surface area contributed by atoms with E-state index in [2.05, 4.69) is 19.2 Å². The van der Waals surface area contributed by atoms with Gasteiger partial charge in [-0.15, -0.1) is 0 Å². The Labute approximate surface area is 97.0 Å². The van der Waals surface area contributed by atoms with Crippen LogP contribution in [0.1, 0.15) is 31.0 Å². The van der Waals surface area contributed by atoms with Crippen molar-refractivity contribution in [2.75, 3.05) is 6.54 Å². The lowest BCUT2D eigenvalue weighted by Crippen LogP contribution is -2.35. The standard InChI is InChI=1S/C13H20N2O/c1-9(2)8-15-12(13(14)16)11-6-4-5-10(3)7-11/h4-7,9,12,15H,8H2,1-3H3,(H2,14,16). The zero-order chi connectivity index (χ0) is 12.1. The smallest absolute Gasteiger partial charge is 0.239 e. The minimum Gasteiger partial charge on any atom is -0.368 e. The third kappa shape index (κ3) is 3.66. The third-order valence-electron chi connectivity index (χ3n) is 2.39. The van der Waals surface area contributed by atoms with Gasteiger partial charge in [-0.3, -0.25) is 4.79 Å². The normalized spacial score (nSPS) is 12.8. The zero-order valence-corrected chi connectivity index (χ0v) is 10.2. The SMILES string of the molecule is Cc1cccc(C(NCC(C)C)C(N)=O)c1. The van der Waals surface area contributed by atoms with Gasteiger partial charge in [0, 0.05) is 0 Å². The van der Waals surface area contributed by atoms with Crippen molar-refractivity contribution in [3.8, 4) is 0 Å². The Kier molecular flexibility index (Phi) is 4.50. The summed E-state index contributed by atoms with van der Waals surface area (Å²) in [6.07, 6.45) is 0. The number of aryl methyl sites for hydroxylation is 1. The first-order chi connectivity index (χ1) is 7.50. The third-order valence-corrected chi connectivity index (χ3v) is 2.39. The largest absolute Gasteiger partial charge is 0.368 e. The summed E-state index contributed by atoms with van der Waals surface area (Å²) in [6, 6.07) is 7.47. The summed E-state index contributed by atoms with van der Waals surface area (Å²) >= 11 is 0. The van der Waals surface area contributed by atoms with E-state index in [0.717, 1.165) is 17.7 Å². The second-order valence-electron chi connectivity index (χ2n) is 4.55. The molecule has 1 unspecified atom stereocenters. The van der Waals surface area contributed by atoms with Crippen molar-refractivity contribution in [1.29, 1.82) is 0 Å². The number of nitrogens with one attached hydrogen (secondary N) is 1. The van der Waals surface area contributed by atoms with Crippen LogP contribution in [0, 0.1) is 12.8 Å². The monoisotopic (exact) mass is 220 g/mol. The minimum absolute atomic E-state index is 0.328. The summed E-state index contributed by atoms with van der Waals surface area (Å²) in [5.74, 6) is 0.165. The van der Waals surface area contributed by atoms with Crippen LogP contribution in [0.4, 0.5) is 0 Å². The molecule has 0 bridgehead atoms. The fraction of sp³-hybridized carbons (Fsp3) is 0.462. The van der Waals surface area contributed by atoms with Crippen LogP contribution in [0.3, 0.4) is 0 Å².